The first-order valence-electron chi connectivity index (χ1n) is 14.8. The molecule has 0 fully saturated rings. The number of para-hydroxylation sites is 1. The standard InChI is InChI=1S/C40H31NOS/c1-40(2,3)31-16-9-15-30-37-32(17-10-19-34(37)42-39(30)31)41(28-24-22-27(23-25-28)26-12-5-4-6-13-26)33-18-11-21-36-38(33)29-14-7-8-20-35(29)43-36/h4-25H,1-3H3. The van der Waals surface area contributed by atoms with Crippen molar-refractivity contribution in [2.45, 2.75) is 26.2 Å². The molecule has 0 unspecified atom stereocenters. The number of anilines is 3. The topological polar surface area (TPSA) is 16.4 Å². The summed E-state index contributed by atoms with van der Waals surface area (Å²) in [5.74, 6) is 0. The molecule has 0 aliphatic heterocycles. The summed E-state index contributed by atoms with van der Waals surface area (Å²) in [5, 5.41) is 4.83. The number of rotatable bonds is 4. The second-order valence-corrected chi connectivity index (χ2v) is 13.3. The van der Waals surface area contributed by atoms with E-state index in [4.69, 9.17) is 4.42 Å². The van der Waals surface area contributed by atoms with Gasteiger partial charge in [0.05, 0.1) is 16.8 Å². The summed E-state index contributed by atoms with van der Waals surface area (Å²) in [6.07, 6.45) is 0. The molecule has 3 heteroatoms. The van der Waals surface area contributed by atoms with Crippen molar-refractivity contribution in [2.24, 2.45) is 0 Å². The fourth-order valence-corrected chi connectivity index (χ4v) is 7.52. The van der Waals surface area contributed by atoms with Gasteiger partial charge in [-0.15, -0.1) is 11.3 Å². The Balaban J connectivity index is 1.44. The molecular formula is C40H31NOS. The highest BCUT2D eigenvalue weighted by Crippen LogP contribution is 2.48. The van der Waals surface area contributed by atoms with Crippen LogP contribution in [0.1, 0.15) is 26.3 Å². The summed E-state index contributed by atoms with van der Waals surface area (Å²) in [5.41, 5.74) is 8.84. The number of hydrogen-bond acceptors (Lipinski definition) is 3. The van der Waals surface area contributed by atoms with E-state index in [9.17, 15) is 0 Å². The molecule has 0 aliphatic carbocycles. The first-order valence-corrected chi connectivity index (χ1v) is 15.6. The Morgan fingerprint density at radius 1 is 0.535 bits per heavy atom. The van der Waals surface area contributed by atoms with Crippen molar-refractivity contribution in [3.05, 3.63) is 139 Å². The Hall–Kier alpha value is -4.86. The maximum atomic E-state index is 6.67. The highest BCUT2D eigenvalue weighted by Gasteiger charge is 2.25. The molecule has 2 nitrogen and oxygen atoms in total. The van der Waals surface area contributed by atoms with Crippen molar-refractivity contribution in [3.63, 3.8) is 0 Å². The maximum absolute atomic E-state index is 6.67. The minimum atomic E-state index is -0.0400. The minimum Gasteiger partial charge on any atom is -0.456 e. The number of benzene rings is 6. The van der Waals surface area contributed by atoms with Gasteiger partial charge < -0.3 is 9.32 Å². The van der Waals surface area contributed by atoms with E-state index in [-0.39, 0.29) is 5.41 Å². The first-order chi connectivity index (χ1) is 21.0. The van der Waals surface area contributed by atoms with Crippen molar-refractivity contribution in [1.82, 2.24) is 0 Å². The fourth-order valence-electron chi connectivity index (χ4n) is 6.39. The third-order valence-electron chi connectivity index (χ3n) is 8.40. The van der Waals surface area contributed by atoms with Gasteiger partial charge in [0.15, 0.2) is 0 Å². The van der Waals surface area contributed by atoms with E-state index >= 15 is 0 Å². The zero-order valence-electron chi connectivity index (χ0n) is 24.5. The van der Waals surface area contributed by atoms with Gasteiger partial charge in [-0.25, -0.2) is 0 Å². The molecular weight excluding hydrogens is 543 g/mol. The van der Waals surface area contributed by atoms with Crippen LogP contribution in [0.5, 0.6) is 0 Å². The van der Waals surface area contributed by atoms with Gasteiger partial charge in [-0.1, -0.05) is 112 Å². The van der Waals surface area contributed by atoms with Gasteiger partial charge in [-0.2, -0.15) is 0 Å². The monoisotopic (exact) mass is 573 g/mol. The van der Waals surface area contributed by atoms with E-state index in [2.05, 4.69) is 159 Å². The van der Waals surface area contributed by atoms with Crippen LogP contribution in [0, 0.1) is 0 Å². The molecule has 208 valence electrons. The van der Waals surface area contributed by atoms with Gasteiger partial charge in [-0.3, -0.25) is 0 Å². The van der Waals surface area contributed by atoms with Crippen LogP contribution in [0.2, 0.25) is 0 Å². The van der Waals surface area contributed by atoms with Crippen LogP contribution in [0.15, 0.2) is 138 Å². The van der Waals surface area contributed by atoms with E-state index in [1.54, 1.807) is 0 Å². The van der Waals surface area contributed by atoms with Gasteiger partial charge in [-0.05, 0) is 59.0 Å². The Kier molecular flexibility index (Phi) is 5.92. The number of thiophene rings is 1. The molecule has 2 aromatic heterocycles. The van der Waals surface area contributed by atoms with Crippen molar-refractivity contribution >= 4 is 70.5 Å². The van der Waals surface area contributed by atoms with Gasteiger partial charge in [0.1, 0.15) is 11.2 Å². The van der Waals surface area contributed by atoms with Crippen LogP contribution in [-0.4, -0.2) is 0 Å². The summed E-state index contributed by atoms with van der Waals surface area (Å²) < 4.78 is 9.25. The summed E-state index contributed by atoms with van der Waals surface area (Å²) in [4.78, 5) is 2.43. The van der Waals surface area contributed by atoms with E-state index in [1.165, 1.54) is 36.9 Å². The van der Waals surface area contributed by atoms with Gasteiger partial charge in [0.2, 0.25) is 0 Å². The molecule has 0 saturated heterocycles. The van der Waals surface area contributed by atoms with E-state index in [1.807, 2.05) is 11.3 Å². The van der Waals surface area contributed by atoms with E-state index < -0.39 is 0 Å². The molecule has 0 aliphatic rings. The third kappa shape index (κ3) is 4.23. The molecule has 0 atom stereocenters. The molecule has 0 bridgehead atoms. The Labute approximate surface area is 255 Å². The lowest BCUT2D eigenvalue weighted by Gasteiger charge is -2.27. The van der Waals surface area contributed by atoms with Gasteiger partial charge in [0, 0.05) is 36.8 Å². The lowest BCUT2D eigenvalue weighted by atomic mass is 9.86. The second kappa shape index (κ2) is 9.86. The second-order valence-electron chi connectivity index (χ2n) is 12.2. The minimum absolute atomic E-state index is 0.0400. The summed E-state index contributed by atoms with van der Waals surface area (Å²) >= 11 is 1.85. The van der Waals surface area contributed by atoms with Crippen LogP contribution in [0.25, 0.3) is 53.2 Å². The zero-order chi connectivity index (χ0) is 29.1. The highest BCUT2D eigenvalue weighted by atomic mass is 32.1. The normalized spacial score (nSPS) is 12.1. The van der Waals surface area contributed by atoms with E-state index in [0.717, 1.165) is 39.0 Å². The van der Waals surface area contributed by atoms with Gasteiger partial charge >= 0.3 is 0 Å². The fraction of sp³-hybridized carbons (Fsp3) is 0.100. The van der Waals surface area contributed by atoms with Crippen molar-refractivity contribution in [3.8, 4) is 11.1 Å². The lowest BCUT2D eigenvalue weighted by Crippen LogP contribution is -2.11. The van der Waals surface area contributed by atoms with Crippen LogP contribution >= 0.6 is 11.3 Å². The smallest absolute Gasteiger partial charge is 0.139 e. The zero-order valence-corrected chi connectivity index (χ0v) is 25.3. The van der Waals surface area contributed by atoms with Crippen molar-refractivity contribution in [1.29, 1.82) is 0 Å². The molecule has 0 amide bonds. The van der Waals surface area contributed by atoms with Crippen molar-refractivity contribution in [2.75, 3.05) is 4.90 Å². The average molecular weight is 574 g/mol. The Morgan fingerprint density at radius 3 is 1.95 bits per heavy atom. The Morgan fingerprint density at radius 2 is 1.16 bits per heavy atom. The largest absolute Gasteiger partial charge is 0.456 e. The predicted molar refractivity (Wildman–Crippen MR) is 185 cm³/mol. The molecule has 0 N–H and O–H groups in total. The molecule has 6 aromatic carbocycles. The predicted octanol–water partition coefficient (Wildman–Crippen LogP) is 12.4. The third-order valence-corrected chi connectivity index (χ3v) is 9.54. The highest BCUT2D eigenvalue weighted by molar-refractivity contribution is 7.26. The van der Waals surface area contributed by atoms with Gasteiger partial charge in [0.25, 0.3) is 0 Å². The quantitative estimate of drug-likeness (QED) is 0.208. The molecule has 8 rings (SSSR count). The van der Waals surface area contributed by atoms with Crippen LogP contribution < -0.4 is 4.90 Å². The van der Waals surface area contributed by atoms with Crippen molar-refractivity contribution < 1.29 is 4.42 Å². The molecule has 8 aromatic rings. The Bertz CT molecular complexity index is 2270. The van der Waals surface area contributed by atoms with Crippen LogP contribution in [0.3, 0.4) is 0 Å². The first kappa shape index (κ1) is 25.8. The van der Waals surface area contributed by atoms with E-state index in [0.29, 0.717) is 0 Å². The number of furan rings is 1. The SMILES string of the molecule is CC(C)(C)c1cccc2c1oc1cccc(N(c3ccc(-c4ccccc4)cc3)c3cccc4sc5ccccc5c34)c12. The summed E-state index contributed by atoms with van der Waals surface area (Å²) in [6, 6.07) is 48.0. The molecule has 0 radical (unpaired) electrons. The summed E-state index contributed by atoms with van der Waals surface area (Å²) in [7, 11) is 0. The number of hydrogen-bond donors (Lipinski definition) is 0. The lowest BCUT2D eigenvalue weighted by molar-refractivity contribution is 0.573. The number of nitrogens with zero attached hydrogens (tertiary/aromatic N) is 1. The van der Waals surface area contributed by atoms with Crippen LogP contribution in [-0.2, 0) is 5.41 Å². The average Bonchev–Trinajstić information content (AvgIpc) is 3.61. The number of fused-ring (bicyclic) bond motifs is 6. The molecule has 43 heavy (non-hydrogen) atoms. The molecule has 0 saturated carbocycles. The molecule has 2 heterocycles. The van der Waals surface area contributed by atoms with Crippen LogP contribution in [0.4, 0.5) is 17.1 Å². The maximum Gasteiger partial charge on any atom is 0.139 e. The summed E-state index contributed by atoms with van der Waals surface area (Å²) in [6.45, 7) is 6.75. The molecule has 0 spiro atoms.